The first kappa shape index (κ1) is 12.5. The smallest absolute Gasteiger partial charge is 0.217 e. The van der Waals surface area contributed by atoms with E-state index < -0.39 is 10.0 Å². The third kappa shape index (κ3) is 3.52. The molecule has 1 saturated carbocycles. The Bertz CT molecular complexity index is 479. The minimum Gasteiger partial charge on any atom is -0.361 e. The third-order valence-corrected chi connectivity index (χ3v) is 4.13. The van der Waals surface area contributed by atoms with Crippen molar-refractivity contribution in [3.63, 3.8) is 0 Å². The molecule has 1 aliphatic carbocycles. The second-order valence-corrected chi connectivity index (χ2v) is 6.24. The van der Waals surface area contributed by atoms with Crippen LogP contribution in [0.1, 0.15) is 24.3 Å². The molecule has 0 amide bonds. The Labute approximate surface area is 101 Å². The summed E-state index contributed by atoms with van der Waals surface area (Å²) in [7, 11) is -3.39. The highest BCUT2D eigenvalue weighted by atomic mass is 32.2. The molecular weight excluding hydrogens is 242 g/mol. The minimum absolute atomic E-state index is 0.145. The van der Waals surface area contributed by atoms with Crippen LogP contribution in [0.15, 0.2) is 10.6 Å². The zero-order chi connectivity index (χ0) is 12.5. The molecule has 0 radical (unpaired) electrons. The highest BCUT2D eigenvalue weighted by molar-refractivity contribution is 7.88. The summed E-state index contributed by atoms with van der Waals surface area (Å²) < 4.78 is 31.2. The van der Waals surface area contributed by atoms with Crippen molar-refractivity contribution in [1.29, 1.82) is 0 Å². The van der Waals surface area contributed by atoms with Crippen molar-refractivity contribution in [2.45, 2.75) is 31.6 Å². The summed E-state index contributed by atoms with van der Waals surface area (Å²) in [6, 6.07) is 1.47. The van der Waals surface area contributed by atoms with Crippen molar-refractivity contribution >= 4 is 10.0 Å². The van der Waals surface area contributed by atoms with E-state index in [2.05, 4.69) is 9.88 Å². The Morgan fingerprint density at radius 2 is 2.35 bits per heavy atom. The van der Waals surface area contributed by atoms with Crippen LogP contribution in [0.4, 0.5) is 0 Å². The molecule has 1 heterocycles. The molecule has 1 unspecified atom stereocenters. The van der Waals surface area contributed by atoms with Gasteiger partial charge in [-0.25, -0.2) is 13.1 Å². The Morgan fingerprint density at radius 1 is 1.65 bits per heavy atom. The van der Waals surface area contributed by atoms with Gasteiger partial charge < -0.3 is 10.3 Å². The van der Waals surface area contributed by atoms with Gasteiger partial charge in [-0.1, -0.05) is 5.16 Å². The van der Waals surface area contributed by atoms with Gasteiger partial charge in [0, 0.05) is 18.7 Å². The lowest BCUT2D eigenvalue weighted by Gasteiger charge is -2.15. The van der Waals surface area contributed by atoms with Crippen molar-refractivity contribution in [3.8, 4) is 0 Å². The van der Waals surface area contributed by atoms with E-state index in [1.54, 1.807) is 13.0 Å². The fourth-order valence-corrected chi connectivity index (χ4v) is 3.15. The summed E-state index contributed by atoms with van der Waals surface area (Å²) in [5.41, 5.74) is 5.98. The molecule has 7 heteroatoms. The standard InChI is InChI=1S/C10H17N3O3S/c1-7-4-9(12-16-7)6-17(14,15)13-10(5-11)8-2-3-8/h4,8,10,13H,2-3,5-6,11H2,1H3. The van der Waals surface area contributed by atoms with E-state index in [-0.39, 0.29) is 11.8 Å². The molecule has 0 bridgehead atoms. The van der Waals surface area contributed by atoms with Gasteiger partial charge in [-0.3, -0.25) is 0 Å². The second-order valence-electron chi connectivity index (χ2n) is 4.49. The minimum atomic E-state index is -3.39. The molecule has 1 fully saturated rings. The average molecular weight is 259 g/mol. The summed E-state index contributed by atoms with van der Waals surface area (Å²) in [5, 5.41) is 3.67. The lowest BCUT2D eigenvalue weighted by atomic mass is 10.2. The van der Waals surface area contributed by atoms with Crippen LogP contribution in [0.3, 0.4) is 0 Å². The maximum Gasteiger partial charge on any atom is 0.217 e. The van der Waals surface area contributed by atoms with Gasteiger partial charge in [-0.2, -0.15) is 0 Å². The van der Waals surface area contributed by atoms with Gasteiger partial charge in [-0.05, 0) is 25.7 Å². The lowest BCUT2D eigenvalue weighted by molar-refractivity contribution is 0.392. The number of hydrogen-bond acceptors (Lipinski definition) is 5. The molecule has 1 aliphatic rings. The molecule has 0 saturated heterocycles. The van der Waals surface area contributed by atoms with E-state index in [1.165, 1.54) is 0 Å². The first-order valence-electron chi connectivity index (χ1n) is 5.62. The lowest BCUT2D eigenvalue weighted by Crippen LogP contribution is -2.42. The SMILES string of the molecule is Cc1cc(CS(=O)(=O)NC(CN)C2CC2)no1. The monoisotopic (exact) mass is 259 g/mol. The molecule has 1 atom stereocenters. The normalized spacial score (nSPS) is 18.2. The first-order chi connectivity index (χ1) is 8.00. The van der Waals surface area contributed by atoms with E-state index in [0.717, 1.165) is 12.8 Å². The Morgan fingerprint density at radius 3 is 2.82 bits per heavy atom. The number of aryl methyl sites for hydroxylation is 1. The predicted molar refractivity (Wildman–Crippen MR) is 62.6 cm³/mol. The van der Waals surface area contributed by atoms with Gasteiger partial charge in [-0.15, -0.1) is 0 Å². The molecule has 0 aromatic carbocycles. The van der Waals surface area contributed by atoms with Gasteiger partial charge in [0.2, 0.25) is 10.0 Å². The fourth-order valence-electron chi connectivity index (χ4n) is 1.79. The van der Waals surface area contributed by atoms with E-state index in [9.17, 15) is 8.42 Å². The molecule has 96 valence electrons. The first-order valence-corrected chi connectivity index (χ1v) is 7.27. The van der Waals surface area contributed by atoms with E-state index in [4.69, 9.17) is 10.3 Å². The zero-order valence-electron chi connectivity index (χ0n) is 9.72. The molecule has 0 spiro atoms. The van der Waals surface area contributed by atoms with Crippen molar-refractivity contribution in [1.82, 2.24) is 9.88 Å². The number of rotatable bonds is 6. The van der Waals surface area contributed by atoms with Gasteiger partial charge in [0.1, 0.15) is 17.2 Å². The van der Waals surface area contributed by atoms with E-state index in [1.807, 2.05) is 0 Å². The number of hydrogen-bond donors (Lipinski definition) is 2. The fraction of sp³-hybridized carbons (Fsp3) is 0.700. The number of aromatic nitrogens is 1. The molecule has 17 heavy (non-hydrogen) atoms. The van der Waals surface area contributed by atoms with E-state index >= 15 is 0 Å². The van der Waals surface area contributed by atoms with Crippen molar-refractivity contribution in [2.75, 3.05) is 6.54 Å². The largest absolute Gasteiger partial charge is 0.361 e. The van der Waals surface area contributed by atoms with Crippen molar-refractivity contribution in [2.24, 2.45) is 11.7 Å². The summed E-state index contributed by atoms with van der Waals surface area (Å²) >= 11 is 0. The Balaban J connectivity index is 1.98. The van der Waals surface area contributed by atoms with E-state index in [0.29, 0.717) is 23.9 Å². The summed E-state index contributed by atoms with van der Waals surface area (Å²) in [6.45, 7) is 2.06. The number of sulfonamides is 1. The summed E-state index contributed by atoms with van der Waals surface area (Å²) in [5.74, 6) is 0.842. The van der Waals surface area contributed by atoms with Crippen LogP contribution in [0.2, 0.25) is 0 Å². The topological polar surface area (TPSA) is 98.2 Å². The van der Waals surface area contributed by atoms with Crippen LogP contribution in [-0.4, -0.2) is 26.2 Å². The average Bonchev–Trinajstić information content (AvgIpc) is 3.00. The van der Waals surface area contributed by atoms with Gasteiger partial charge >= 0.3 is 0 Å². The summed E-state index contributed by atoms with van der Waals surface area (Å²) in [6.07, 6.45) is 2.10. The van der Waals surface area contributed by atoms with Crippen LogP contribution >= 0.6 is 0 Å². The predicted octanol–water partition coefficient (Wildman–Crippen LogP) is 0.140. The molecule has 0 aliphatic heterocycles. The maximum absolute atomic E-state index is 11.9. The number of nitrogens with zero attached hydrogens (tertiary/aromatic N) is 1. The third-order valence-electron chi connectivity index (χ3n) is 2.79. The highest BCUT2D eigenvalue weighted by Gasteiger charge is 2.33. The highest BCUT2D eigenvalue weighted by Crippen LogP contribution is 2.32. The quantitative estimate of drug-likeness (QED) is 0.757. The van der Waals surface area contributed by atoms with Crippen LogP contribution in [0, 0.1) is 12.8 Å². The zero-order valence-corrected chi connectivity index (χ0v) is 10.5. The van der Waals surface area contributed by atoms with Crippen LogP contribution in [0.5, 0.6) is 0 Å². The molecule has 6 nitrogen and oxygen atoms in total. The Kier molecular flexibility index (Phi) is 3.50. The van der Waals surface area contributed by atoms with Crippen LogP contribution in [-0.2, 0) is 15.8 Å². The maximum atomic E-state index is 11.9. The van der Waals surface area contributed by atoms with Gasteiger partial charge in [0.15, 0.2) is 0 Å². The summed E-state index contributed by atoms with van der Waals surface area (Å²) in [4.78, 5) is 0. The molecule has 2 rings (SSSR count). The Hall–Kier alpha value is -0.920. The molecule has 1 aromatic heterocycles. The van der Waals surface area contributed by atoms with Crippen LogP contribution in [0.25, 0.3) is 0 Å². The van der Waals surface area contributed by atoms with Gasteiger partial charge in [0.25, 0.3) is 0 Å². The van der Waals surface area contributed by atoms with Crippen molar-refractivity contribution in [3.05, 3.63) is 17.5 Å². The van der Waals surface area contributed by atoms with Gasteiger partial charge in [0.05, 0.1) is 0 Å². The van der Waals surface area contributed by atoms with Crippen LogP contribution < -0.4 is 10.5 Å². The molecule has 3 N–H and O–H groups in total. The number of nitrogens with two attached hydrogens (primary N) is 1. The molecular formula is C10H17N3O3S. The van der Waals surface area contributed by atoms with Crippen molar-refractivity contribution < 1.29 is 12.9 Å². The number of nitrogens with one attached hydrogen (secondary N) is 1. The second kappa shape index (κ2) is 4.75. The molecule has 1 aromatic rings.